The molecule has 1 amide bonds. The molecule has 4 aromatic rings. The molecule has 6 nitrogen and oxygen atoms in total. The van der Waals surface area contributed by atoms with Crippen molar-refractivity contribution >= 4 is 16.8 Å². The van der Waals surface area contributed by atoms with Gasteiger partial charge in [-0.05, 0) is 66.8 Å². The Labute approximate surface area is 211 Å². The minimum absolute atomic E-state index is 0. The summed E-state index contributed by atoms with van der Waals surface area (Å²) in [5.41, 5.74) is 3.57. The average Bonchev–Trinajstić information content (AvgIpc) is 3.29. The van der Waals surface area contributed by atoms with Crippen molar-refractivity contribution in [1.29, 1.82) is 0 Å². The van der Waals surface area contributed by atoms with E-state index in [-0.39, 0.29) is 13.9 Å². The maximum absolute atomic E-state index is 14.2. The number of hydrogen-bond donors (Lipinski definition) is 3. The lowest BCUT2D eigenvalue weighted by atomic mass is 10.0. The number of benzene rings is 3. The van der Waals surface area contributed by atoms with Gasteiger partial charge in [-0.15, -0.1) is 0 Å². The summed E-state index contributed by atoms with van der Waals surface area (Å²) in [6, 6.07) is 17.1. The SMILES string of the molecule is CCCOc1ccc(-c2cc(F)cc(OCC)c2)cc1C(=O)N[C@@H](CO)Cc1c[nH]c2ccccc12.[HH]. The van der Waals surface area contributed by atoms with E-state index in [0.29, 0.717) is 47.8 Å². The smallest absolute Gasteiger partial charge is 0.255 e. The number of hydrogen-bond acceptors (Lipinski definition) is 4. The zero-order valence-corrected chi connectivity index (χ0v) is 20.5. The van der Waals surface area contributed by atoms with Gasteiger partial charge < -0.3 is 24.9 Å². The highest BCUT2D eigenvalue weighted by atomic mass is 19.1. The number of carbonyl (C=O) groups is 1. The molecular formula is C29H33FN2O4. The normalized spacial score (nSPS) is 11.9. The van der Waals surface area contributed by atoms with E-state index in [1.165, 1.54) is 12.1 Å². The molecule has 190 valence electrons. The fourth-order valence-corrected chi connectivity index (χ4v) is 4.19. The van der Waals surface area contributed by atoms with E-state index in [1.54, 1.807) is 24.3 Å². The zero-order valence-electron chi connectivity index (χ0n) is 20.5. The maximum Gasteiger partial charge on any atom is 0.255 e. The summed E-state index contributed by atoms with van der Waals surface area (Å²) in [5, 5.41) is 14.0. The third-order valence-corrected chi connectivity index (χ3v) is 5.90. The first kappa shape index (κ1) is 25.3. The summed E-state index contributed by atoms with van der Waals surface area (Å²) in [6.45, 7) is 4.46. The van der Waals surface area contributed by atoms with Crippen LogP contribution in [0.5, 0.6) is 11.5 Å². The summed E-state index contributed by atoms with van der Waals surface area (Å²) in [6.07, 6.45) is 3.14. The van der Waals surface area contributed by atoms with E-state index >= 15 is 0 Å². The van der Waals surface area contributed by atoms with Crippen LogP contribution in [0.3, 0.4) is 0 Å². The number of aliphatic hydroxyl groups is 1. The predicted molar refractivity (Wildman–Crippen MR) is 141 cm³/mol. The van der Waals surface area contributed by atoms with Crippen molar-refractivity contribution in [2.75, 3.05) is 19.8 Å². The van der Waals surface area contributed by atoms with Gasteiger partial charge in [-0.3, -0.25) is 4.79 Å². The Morgan fingerprint density at radius 3 is 2.69 bits per heavy atom. The van der Waals surface area contributed by atoms with E-state index in [9.17, 15) is 14.3 Å². The number of rotatable bonds is 11. The van der Waals surface area contributed by atoms with Gasteiger partial charge in [0.15, 0.2) is 0 Å². The lowest BCUT2D eigenvalue weighted by Crippen LogP contribution is -2.39. The third-order valence-electron chi connectivity index (χ3n) is 5.90. The van der Waals surface area contributed by atoms with Crippen LogP contribution in [-0.2, 0) is 6.42 Å². The van der Waals surface area contributed by atoms with Gasteiger partial charge in [0.2, 0.25) is 0 Å². The van der Waals surface area contributed by atoms with E-state index in [2.05, 4.69) is 10.3 Å². The Kier molecular flexibility index (Phi) is 8.23. The number of ether oxygens (including phenoxy) is 2. The van der Waals surface area contributed by atoms with Crippen LogP contribution in [0.25, 0.3) is 22.0 Å². The van der Waals surface area contributed by atoms with Crippen LogP contribution in [-0.4, -0.2) is 41.9 Å². The van der Waals surface area contributed by atoms with Crippen molar-refractivity contribution < 1.29 is 25.2 Å². The molecule has 3 N–H and O–H groups in total. The summed E-state index contributed by atoms with van der Waals surface area (Å²) < 4.78 is 25.5. The Hall–Kier alpha value is -3.84. The molecule has 0 aliphatic rings. The minimum atomic E-state index is -0.502. The molecule has 0 aliphatic heterocycles. The van der Waals surface area contributed by atoms with Crippen LogP contribution >= 0.6 is 0 Å². The second kappa shape index (κ2) is 11.7. The first-order valence-corrected chi connectivity index (χ1v) is 12.2. The van der Waals surface area contributed by atoms with Gasteiger partial charge in [-0.1, -0.05) is 31.2 Å². The maximum atomic E-state index is 14.2. The Morgan fingerprint density at radius 1 is 1.08 bits per heavy atom. The molecule has 0 fully saturated rings. The van der Waals surface area contributed by atoms with Crippen LogP contribution in [0, 0.1) is 5.82 Å². The van der Waals surface area contributed by atoms with Gasteiger partial charge in [0, 0.05) is 24.6 Å². The number of aromatic amines is 1. The number of carbonyl (C=O) groups excluding carboxylic acids is 1. The standard InChI is InChI=1S/C29H31FN2O4.H2/c1-3-11-36-28-10-9-19(20-12-22(30)16-24(14-20)35-4-2)15-26(28)29(34)32-23(18-33)13-21-17-31-27-8-6-5-7-25(21)27;/h5-10,12,14-17,23,31,33H,3-4,11,13,18H2,1-2H3,(H,32,34);1H/t23-;/m1./s1. The lowest BCUT2D eigenvalue weighted by molar-refractivity contribution is 0.0912. The Morgan fingerprint density at radius 2 is 1.92 bits per heavy atom. The van der Waals surface area contributed by atoms with Gasteiger partial charge in [0.05, 0.1) is 31.4 Å². The van der Waals surface area contributed by atoms with Crippen molar-refractivity contribution in [3.05, 3.63) is 83.8 Å². The molecule has 1 aromatic heterocycles. The molecule has 3 aromatic carbocycles. The molecule has 36 heavy (non-hydrogen) atoms. The largest absolute Gasteiger partial charge is 0.494 e. The zero-order chi connectivity index (χ0) is 25.5. The van der Waals surface area contributed by atoms with Crippen molar-refractivity contribution in [3.8, 4) is 22.6 Å². The summed E-state index contributed by atoms with van der Waals surface area (Å²) in [5.74, 6) is 0.0582. The molecule has 0 unspecified atom stereocenters. The van der Waals surface area contributed by atoms with Crippen LogP contribution < -0.4 is 14.8 Å². The highest BCUT2D eigenvalue weighted by Gasteiger charge is 2.20. The van der Waals surface area contributed by atoms with Gasteiger partial charge in [0.1, 0.15) is 17.3 Å². The third kappa shape index (κ3) is 5.86. The van der Waals surface area contributed by atoms with E-state index in [0.717, 1.165) is 22.9 Å². The number of fused-ring (bicyclic) bond motifs is 1. The summed E-state index contributed by atoms with van der Waals surface area (Å²) >= 11 is 0. The molecule has 0 bridgehead atoms. The number of halogens is 1. The Balaban J connectivity index is 0.00000380. The fraction of sp³-hybridized carbons (Fsp3) is 0.276. The van der Waals surface area contributed by atoms with Crippen LogP contribution in [0.1, 0.15) is 37.6 Å². The van der Waals surface area contributed by atoms with Gasteiger partial charge in [0.25, 0.3) is 5.91 Å². The molecule has 0 aliphatic carbocycles. The van der Waals surface area contributed by atoms with Crippen molar-refractivity contribution in [2.24, 2.45) is 0 Å². The van der Waals surface area contributed by atoms with Crippen molar-refractivity contribution in [3.63, 3.8) is 0 Å². The lowest BCUT2D eigenvalue weighted by Gasteiger charge is -2.18. The fourth-order valence-electron chi connectivity index (χ4n) is 4.19. The molecule has 1 atom stereocenters. The molecular weight excluding hydrogens is 459 g/mol. The molecule has 0 spiro atoms. The van der Waals surface area contributed by atoms with Crippen LogP contribution in [0.15, 0.2) is 66.9 Å². The quantitative estimate of drug-likeness (QED) is 0.249. The number of aromatic nitrogens is 1. The first-order valence-electron chi connectivity index (χ1n) is 12.2. The number of aliphatic hydroxyl groups excluding tert-OH is 1. The first-order chi connectivity index (χ1) is 17.5. The Bertz CT molecular complexity index is 1340. The highest BCUT2D eigenvalue weighted by Crippen LogP contribution is 2.30. The monoisotopic (exact) mass is 492 g/mol. The number of H-pyrrole nitrogens is 1. The molecule has 0 saturated heterocycles. The summed E-state index contributed by atoms with van der Waals surface area (Å²) in [7, 11) is 0. The predicted octanol–water partition coefficient (Wildman–Crippen LogP) is 5.74. The molecule has 0 saturated carbocycles. The number of nitrogens with one attached hydrogen (secondary N) is 2. The number of para-hydroxylation sites is 1. The van der Waals surface area contributed by atoms with Crippen LogP contribution in [0.4, 0.5) is 4.39 Å². The van der Waals surface area contributed by atoms with E-state index in [1.807, 2.05) is 44.3 Å². The molecule has 4 rings (SSSR count). The van der Waals surface area contributed by atoms with Crippen LogP contribution in [0.2, 0.25) is 0 Å². The molecule has 1 heterocycles. The van der Waals surface area contributed by atoms with E-state index < -0.39 is 11.9 Å². The topological polar surface area (TPSA) is 83.6 Å². The average molecular weight is 493 g/mol. The van der Waals surface area contributed by atoms with Gasteiger partial charge in [-0.25, -0.2) is 4.39 Å². The molecule has 7 heteroatoms. The second-order valence-corrected chi connectivity index (χ2v) is 8.58. The van der Waals surface area contributed by atoms with Gasteiger partial charge in [-0.2, -0.15) is 0 Å². The van der Waals surface area contributed by atoms with Crippen molar-refractivity contribution in [1.82, 2.24) is 10.3 Å². The van der Waals surface area contributed by atoms with E-state index in [4.69, 9.17) is 9.47 Å². The number of amides is 1. The van der Waals surface area contributed by atoms with Crippen molar-refractivity contribution in [2.45, 2.75) is 32.7 Å². The minimum Gasteiger partial charge on any atom is -0.494 e. The summed E-state index contributed by atoms with van der Waals surface area (Å²) in [4.78, 5) is 16.6. The molecule has 0 radical (unpaired) electrons. The van der Waals surface area contributed by atoms with Gasteiger partial charge >= 0.3 is 0 Å². The second-order valence-electron chi connectivity index (χ2n) is 8.58. The highest BCUT2D eigenvalue weighted by molar-refractivity contribution is 5.98.